The van der Waals surface area contributed by atoms with Crippen molar-refractivity contribution >= 4 is 10.0 Å². The Balaban J connectivity index is 2.72. The summed E-state index contributed by atoms with van der Waals surface area (Å²) in [6.07, 6.45) is 0. The van der Waals surface area contributed by atoms with Crippen molar-refractivity contribution in [2.24, 2.45) is 11.7 Å². The maximum absolute atomic E-state index is 12.5. The van der Waals surface area contributed by atoms with E-state index in [4.69, 9.17) is 5.73 Å². The Bertz CT molecular complexity index is 604. The first-order chi connectivity index (χ1) is 11.0. The number of hydrogen-bond donors (Lipinski definition) is 3. The fraction of sp³-hybridized carbons (Fsp3) is 0.667. The van der Waals surface area contributed by atoms with Crippen LogP contribution in [0.25, 0.3) is 0 Å². The third kappa shape index (κ3) is 6.16. The highest BCUT2D eigenvalue weighted by atomic mass is 32.2. The second-order valence-corrected chi connectivity index (χ2v) is 9.51. The zero-order chi connectivity index (χ0) is 18.5. The van der Waals surface area contributed by atoms with Gasteiger partial charge in [0.2, 0.25) is 10.0 Å². The van der Waals surface area contributed by atoms with Crippen molar-refractivity contribution in [3.05, 3.63) is 29.8 Å². The Hall–Kier alpha value is -0.950. The van der Waals surface area contributed by atoms with Crippen LogP contribution in [0.15, 0.2) is 29.2 Å². The Morgan fingerprint density at radius 1 is 1.08 bits per heavy atom. The molecule has 0 unspecified atom stereocenters. The van der Waals surface area contributed by atoms with Crippen LogP contribution in [0.1, 0.15) is 47.1 Å². The van der Waals surface area contributed by atoms with E-state index >= 15 is 0 Å². The molecule has 0 aliphatic heterocycles. The van der Waals surface area contributed by atoms with Gasteiger partial charge >= 0.3 is 0 Å². The molecule has 5 nitrogen and oxygen atoms in total. The van der Waals surface area contributed by atoms with E-state index in [-0.39, 0.29) is 17.5 Å². The molecule has 0 fully saturated rings. The topological polar surface area (TPSA) is 84.2 Å². The van der Waals surface area contributed by atoms with E-state index in [2.05, 4.69) is 44.7 Å². The number of nitrogens with one attached hydrogen (secondary N) is 2. The van der Waals surface area contributed by atoms with Crippen molar-refractivity contribution in [3.8, 4) is 0 Å². The highest BCUT2D eigenvalue weighted by Crippen LogP contribution is 2.23. The quantitative estimate of drug-likeness (QED) is 0.667. The van der Waals surface area contributed by atoms with Crippen molar-refractivity contribution in [3.63, 3.8) is 0 Å². The number of benzene rings is 1. The molecule has 0 radical (unpaired) electrons. The van der Waals surface area contributed by atoms with Gasteiger partial charge in [-0.2, -0.15) is 0 Å². The van der Waals surface area contributed by atoms with Crippen LogP contribution in [0.3, 0.4) is 0 Å². The van der Waals surface area contributed by atoms with Gasteiger partial charge in [-0.1, -0.05) is 46.8 Å². The minimum absolute atomic E-state index is 0.00101. The molecule has 0 spiro atoms. The third-order valence-electron chi connectivity index (χ3n) is 4.13. The molecule has 0 aromatic heterocycles. The molecule has 4 N–H and O–H groups in total. The maximum atomic E-state index is 12.5. The van der Waals surface area contributed by atoms with Crippen molar-refractivity contribution < 1.29 is 8.42 Å². The molecule has 0 aliphatic rings. The van der Waals surface area contributed by atoms with Crippen molar-refractivity contribution in [2.75, 3.05) is 13.1 Å². The first-order valence-electron chi connectivity index (χ1n) is 8.53. The summed E-state index contributed by atoms with van der Waals surface area (Å²) in [6, 6.07) is 7.05. The van der Waals surface area contributed by atoms with Crippen LogP contribution in [0.2, 0.25) is 0 Å². The van der Waals surface area contributed by atoms with Gasteiger partial charge in [-0.15, -0.1) is 0 Å². The molecule has 1 aromatic carbocycles. The highest BCUT2D eigenvalue weighted by molar-refractivity contribution is 7.89. The van der Waals surface area contributed by atoms with E-state index in [0.717, 1.165) is 5.56 Å². The largest absolute Gasteiger partial charge is 0.329 e. The molecule has 0 heterocycles. The van der Waals surface area contributed by atoms with Crippen LogP contribution in [0, 0.1) is 5.92 Å². The van der Waals surface area contributed by atoms with Gasteiger partial charge in [-0.25, -0.2) is 13.1 Å². The van der Waals surface area contributed by atoms with E-state index in [9.17, 15) is 8.42 Å². The van der Waals surface area contributed by atoms with E-state index in [1.807, 2.05) is 19.1 Å². The maximum Gasteiger partial charge on any atom is 0.240 e. The van der Waals surface area contributed by atoms with Crippen molar-refractivity contribution in [1.29, 1.82) is 0 Å². The standard InChI is InChI=1S/C18H33N3O2S/c1-13(2)17(11-19)20-12-14(3)21-24(22,23)16-9-7-15(8-10-16)18(4,5)6/h7-10,13-14,17,20-21H,11-12,19H2,1-6H3/t14-,17-/m0/s1. The van der Waals surface area contributed by atoms with Crippen LogP contribution in [-0.4, -0.2) is 33.6 Å². The molecule has 0 saturated carbocycles. The fourth-order valence-electron chi connectivity index (χ4n) is 2.43. The molecular formula is C18H33N3O2S. The van der Waals surface area contributed by atoms with Gasteiger partial charge in [0.15, 0.2) is 0 Å². The predicted molar refractivity (Wildman–Crippen MR) is 101 cm³/mol. The van der Waals surface area contributed by atoms with Gasteiger partial charge in [-0.3, -0.25) is 0 Å². The smallest absolute Gasteiger partial charge is 0.240 e. The van der Waals surface area contributed by atoms with Crippen molar-refractivity contribution in [1.82, 2.24) is 10.0 Å². The first-order valence-corrected chi connectivity index (χ1v) is 10.0. The Morgan fingerprint density at radius 3 is 2.04 bits per heavy atom. The summed E-state index contributed by atoms with van der Waals surface area (Å²) in [4.78, 5) is 0.293. The predicted octanol–water partition coefficient (Wildman–Crippen LogP) is 2.22. The number of hydrogen-bond acceptors (Lipinski definition) is 4. The number of nitrogens with two attached hydrogens (primary N) is 1. The molecule has 2 atom stereocenters. The molecular weight excluding hydrogens is 322 g/mol. The lowest BCUT2D eigenvalue weighted by Crippen LogP contribution is -2.47. The van der Waals surface area contributed by atoms with Crippen LogP contribution in [0.5, 0.6) is 0 Å². The molecule has 1 rings (SSSR count). The normalized spacial score (nSPS) is 15.5. The van der Waals surface area contributed by atoms with E-state index < -0.39 is 10.0 Å². The minimum Gasteiger partial charge on any atom is -0.329 e. The summed E-state index contributed by atoms with van der Waals surface area (Å²) in [5.41, 5.74) is 6.84. The van der Waals surface area contributed by atoms with Crippen LogP contribution in [-0.2, 0) is 15.4 Å². The Morgan fingerprint density at radius 2 is 1.62 bits per heavy atom. The molecule has 6 heteroatoms. The summed E-state index contributed by atoms with van der Waals surface area (Å²) in [6.45, 7) is 13.4. The monoisotopic (exact) mass is 355 g/mol. The number of sulfonamides is 1. The van der Waals surface area contributed by atoms with Gasteiger partial charge in [0.25, 0.3) is 0 Å². The van der Waals surface area contributed by atoms with Gasteiger partial charge in [0, 0.05) is 25.2 Å². The van der Waals surface area contributed by atoms with E-state index in [1.165, 1.54) is 0 Å². The summed E-state index contributed by atoms with van der Waals surface area (Å²) in [5.74, 6) is 0.406. The SMILES string of the molecule is CC(C)[C@H](CN)NC[C@H](C)NS(=O)(=O)c1ccc(C(C)(C)C)cc1. The molecule has 0 saturated heterocycles. The molecule has 138 valence electrons. The van der Waals surface area contributed by atoms with Crippen molar-refractivity contribution in [2.45, 2.75) is 63.9 Å². The summed E-state index contributed by atoms with van der Waals surface area (Å²) >= 11 is 0. The molecule has 1 aromatic rings. The van der Waals surface area contributed by atoms with Gasteiger partial charge < -0.3 is 11.1 Å². The highest BCUT2D eigenvalue weighted by Gasteiger charge is 2.20. The Labute approximate surface area is 147 Å². The molecule has 0 amide bonds. The van der Waals surface area contributed by atoms with Crippen LogP contribution < -0.4 is 15.8 Å². The third-order valence-corrected chi connectivity index (χ3v) is 5.74. The second kappa shape index (κ2) is 8.43. The zero-order valence-corrected chi connectivity index (χ0v) is 16.6. The lowest BCUT2D eigenvalue weighted by atomic mass is 9.87. The van der Waals surface area contributed by atoms with Gasteiger partial charge in [-0.05, 0) is 36.0 Å². The first kappa shape index (κ1) is 21.1. The van der Waals surface area contributed by atoms with E-state index in [1.54, 1.807) is 12.1 Å². The average molecular weight is 356 g/mol. The average Bonchev–Trinajstić information content (AvgIpc) is 2.46. The Kier molecular flexibility index (Phi) is 7.41. The molecule has 24 heavy (non-hydrogen) atoms. The number of rotatable bonds is 8. The second-order valence-electron chi connectivity index (χ2n) is 7.79. The van der Waals surface area contributed by atoms with Crippen LogP contribution >= 0.6 is 0 Å². The molecule has 0 aliphatic carbocycles. The summed E-state index contributed by atoms with van der Waals surface area (Å²) < 4.78 is 27.7. The summed E-state index contributed by atoms with van der Waals surface area (Å²) in [7, 11) is -3.52. The fourth-order valence-corrected chi connectivity index (χ4v) is 3.67. The summed E-state index contributed by atoms with van der Waals surface area (Å²) in [5, 5.41) is 3.32. The molecule has 0 bridgehead atoms. The lowest BCUT2D eigenvalue weighted by Gasteiger charge is -2.23. The van der Waals surface area contributed by atoms with E-state index in [0.29, 0.717) is 23.9 Å². The zero-order valence-electron chi connectivity index (χ0n) is 15.8. The lowest BCUT2D eigenvalue weighted by molar-refractivity contribution is 0.391. The van der Waals surface area contributed by atoms with Gasteiger partial charge in [0.1, 0.15) is 0 Å². The van der Waals surface area contributed by atoms with Gasteiger partial charge in [0.05, 0.1) is 4.90 Å². The minimum atomic E-state index is -3.52. The van der Waals surface area contributed by atoms with Crippen LogP contribution in [0.4, 0.5) is 0 Å².